The maximum absolute atomic E-state index is 13.5. The van der Waals surface area contributed by atoms with E-state index >= 15 is 0 Å². The van der Waals surface area contributed by atoms with Crippen LogP contribution in [0.15, 0.2) is 30.5 Å². The Kier molecular flexibility index (Phi) is 3.62. The first-order chi connectivity index (χ1) is 8.61. The normalized spacial score (nSPS) is 12.4. The van der Waals surface area contributed by atoms with Gasteiger partial charge in [0.1, 0.15) is 5.82 Å². The topological polar surface area (TPSA) is 50.1 Å². The predicted octanol–water partition coefficient (Wildman–Crippen LogP) is 2.01. The first kappa shape index (κ1) is 12.6. The Labute approximate surface area is 105 Å². The van der Waals surface area contributed by atoms with E-state index in [2.05, 4.69) is 10.4 Å². The summed E-state index contributed by atoms with van der Waals surface area (Å²) in [5.41, 5.74) is 2.06. The summed E-state index contributed by atoms with van der Waals surface area (Å²) in [6.45, 7) is 1.74. The molecule has 0 aliphatic rings. The third kappa shape index (κ3) is 2.51. The zero-order valence-corrected chi connectivity index (χ0v) is 10.4. The van der Waals surface area contributed by atoms with Crippen LogP contribution in [0, 0.1) is 12.7 Å². The van der Waals surface area contributed by atoms with E-state index in [9.17, 15) is 9.50 Å². The van der Waals surface area contributed by atoms with Gasteiger partial charge < -0.3 is 10.4 Å². The van der Waals surface area contributed by atoms with Crippen LogP contribution in [0.2, 0.25) is 0 Å². The Morgan fingerprint density at radius 1 is 1.44 bits per heavy atom. The number of hydrogen-bond donors (Lipinski definition) is 2. The number of aromatic nitrogens is 2. The van der Waals surface area contributed by atoms with Crippen molar-refractivity contribution in [3.8, 4) is 0 Å². The van der Waals surface area contributed by atoms with Gasteiger partial charge in [-0.2, -0.15) is 5.10 Å². The summed E-state index contributed by atoms with van der Waals surface area (Å²) in [6, 6.07) is 6.03. The molecule has 0 saturated carbocycles. The maximum Gasteiger partial charge on any atom is 0.146 e. The van der Waals surface area contributed by atoms with Crippen LogP contribution >= 0.6 is 0 Å². The lowest BCUT2D eigenvalue weighted by Crippen LogP contribution is -2.16. The summed E-state index contributed by atoms with van der Waals surface area (Å²) >= 11 is 0. The number of nitrogens with one attached hydrogen (secondary N) is 1. The first-order valence-corrected chi connectivity index (χ1v) is 5.74. The van der Waals surface area contributed by atoms with E-state index in [1.165, 1.54) is 6.07 Å². The van der Waals surface area contributed by atoms with E-state index < -0.39 is 0 Å². The van der Waals surface area contributed by atoms with E-state index in [4.69, 9.17) is 0 Å². The van der Waals surface area contributed by atoms with Crippen molar-refractivity contribution in [2.24, 2.45) is 7.05 Å². The van der Waals surface area contributed by atoms with Crippen molar-refractivity contribution in [3.05, 3.63) is 47.5 Å². The third-order valence-corrected chi connectivity index (χ3v) is 2.81. The number of nitrogens with zero attached hydrogens (tertiary/aromatic N) is 2. The van der Waals surface area contributed by atoms with Crippen LogP contribution in [-0.2, 0) is 7.05 Å². The van der Waals surface area contributed by atoms with Crippen LogP contribution in [0.3, 0.4) is 0 Å². The van der Waals surface area contributed by atoms with Crippen molar-refractivity contribution in [3.63, 3.8) is 0 Å². The molecule has 0 bridgehead atoms. The predicted molar refractivity (Wildman–Crippen MR) is 67.8 cm³/mol. The lowest BCUT2D eigenvalue weighted by atomic mass is 10.1. The third-order valence-electron chi connectivity index (χ3n) is 2.81. The Balaban J connectivity index is 2.25. The van der Waals surface area contributed by atoms with Crippen LogP contribution < -0.4 is 5.32 Å². The fourth-order valence-corrected chi connectivity index (χ4v) is 1.95. The number of rotatable bonds is 4. The monoisotopic (exact) mass is 249 g/mol. The number of aliphatic hydroxyl groups excluding tert-OH is 1. The summed E-state index contributed by atoms with van der Waals surface area (Å²) in [6.07, 6.45) is 1.82. The molecule has 2 rings (SSSR count). The Morgan fingerprint density at radius 2 is 2.17 bits per heavy atom. The van der Waals surface area contributed by atoms with Gasteiger partial charge in [-0.3, -0.25) is 4.68 Å². The molecule has 2 N–H and O–H groups in total. The van der Waals surface area contributed by atoms with E-state index in [1.54, 1.807) is 22.9 Å². The highest BCUT2D eigenvalue weighted by Crippen LogP contribution is 2.23. The zero-order chi connectivity index (χ0) is 13.1. The number of anilines is 1. The van der Waals surface area contributed by atoms with Gasteiger partial charge in [0.05, 0.1) is 24.0 Å². The molecular weight excluding hydrogens is 233 g/mol. The molecule has 0 aliphatic carbocycles. The van der Waals surface area contributed by atoms with Crippen molar-refractivity contribution >= 4 is 5.69 Å². The second kappa shape index (κ2) is 5.18. The van der Waals surface area contributed by atoms with Crippen molar-refractivity contribution in [2.45, 2.75) is 13.0 Å². The van der Waals surface area contributed by atoms with Crippen molar-refractivity contribution in [1.29, 1.82) is 0 Å². The summed E-state index contributed by atoms with van der Waals surface area (Å²) in [5.74, 6) is -0.336. The molecule has 0 radical (unpaired) electrons. The van der Waals surface area contributed by atoms with Gasteiger partial charge in [-0.25, -0.2) is 4.39 Å². The highest BCUT2D eigenvalue weighted by molar-refractivity contribution is 5.47. The molecule has 1 aromatic carbocycles. The number of hydrogen-bond acceptors (Lipinski definition) is 3. The number of aliphatic hydroxyl groups is 1. The van der Waals surface area contributed by atoms with Crippen LogP contribution in [-0.4, -0.2) is 21.5 Å². The fraction of sp³-hybridized carbons (Fsp3) is 0.308. The van der Waals surface area contributed by atoms with Gasteiger partial charge in [0.25, 0.3) is 0 Å². The van der Waals surface area contributed by atoms with Gasteiger partial charge in [-0.05, 0) is 19.1 Å². The molecule has 0 spiro atoms. The van der Waals surface area contributed by atoms with Gasteiger partial charge in [-0.15, -0.1) is 0 Å². The van der Waals surface area contributed by atoms with Crippen LogP contribution in [0.1, 0.15) is 17.3 Å². The van der Waals surface area contributed by atoms with Crippen LogP contribution in [0.4, 0.5) is 10.1 Å². The van der Waals surface area contributed by atoms with Crippen LogP contribution in [0.25, 0.3) is 0 Å². The van der Waals surface area contributed by atoms with Crippen molar-refractivity contribution in [2.75, 3.05) is 11.9 Å². The Bertz CT molecular complexity index is 539. The standard InChI is InChI=1S/C13H16FN3O/c1-9-10(7-17(2)16-9)13(8-18)15-12-6-4-3-5-11(12)14/h3-7,13,15,18H,8H2,1-2H3. The summed E-state index contributed by atoms with van der Waals surface area (Å²) in [4.78, 5) is 0. The van der Waals surface area contributed by atoms with Crippen molar-refractivity contribution < 1.29 is 9.50 Å². The molecule has 96 valence electrons. The van der Waals surface area contributed by atoms with E-state index in [0.29, 0.717) is 5.69 Å². The van der Waals surface area contributed by atoms with E-state index in [0.717, 1.165) is 11.3 Å². The lowest BCUT2D eigenvalue weighted by molar-refractivity contribution is 0.275. The second-order valence-corrected chi connectivity index (χ2v) is 4.20. The maximum atomic E-state index is 13.5. The number of aryl methyl sites for hydroxylation is 2. The minimum atomic E-state index is -0.365. The molecule has 4 nitrogen and oxygen atoms in total. The highest BCUT2D eigenvalue weighted by Gasteiger charge is 2.16. The minimum absolute atomic E-state index is 0.124. The largest absolute Gasteiger partial charge is 0.394 e. The second-order valence-electron chi connectivity index (χ2n) is 4.20. The van der Waals surface area contributed by atoms with Gasteiger partial charge in [-0.1, -0.05) is 12.1 Å². The van der Waals surface area contributed by atoms with Gasteiger partial charge in [0.2, 0.25) is 0 Å². The molecule has 5 heteroatoms. The first-order valence-electron chi connectivity index (χ1n) is 5.74. The fourth-order valence-electron chi connectivity index (χ4n) is 1.95. The van der Waals surface area contributed by atoms with E-state index in [-0.39, 0.29) is 18.5 Å². The molecule has 0 aliphatic heterocycles. The van der Waals surface area contributed by atoms with Gasteiger partial charge in [0.15, 0.2) is 0 Å². The average molecular weight is 249 g/mol. The Morgan fingerprint density at radius 3 is 2.72 bits per heavy atom. The molecular formula is C13H16FN3O. The summed E-state index contributed by atoms with van der Waals surface area (Å²) in [7, 11) is 1.81. The molecule has 18 heavy (non-hydrogen) atoms. The van der Waals surface area contributed by atoms with Gasteiger partial charge in [0, 0.05) is 18.8 Å². The molecule has 0 fully saturated rings. The number of benzene rings is 1. The van der Waals surface area contributed by atoms with Crippen LogP contribution in [0.5, 0.6) is 0 Å². The Hall–Kier alpha value is -1.88. The number of halogens is 1. The molecule has 2 aromatic rings. The van der Waals surface area contributed by atoms with Gasteiger partial charge >= 0.3 is 0 Å². The highest BCUT2D eigenvalue weighted by atomic mass is 19.1. The lowest BCUT2D eigenvalue weighted by Gasteiger charge is -2.17. The molecule has 0 saturated heterocycles. The minimum Gasteiger partial charge on any atom is -0.394 e. The van der Waals surface area contributed by atoms with Crippen molar-refractivity contribution in [1.82, 2.24) is 9.78 Å². The SMILES string of the molecule is Cc1nn(C)cc1C(CO)Nc1ccccc1F. The average Bonchev–Trinajstić information content (AvgIpc) is 2.67. The number of para-hydroxylation sites is 1. The summed E-state index contributed by atoms with van der Waals surface area (Å²) in [5, 5.41) is 16.6. The van der Waals surface area contributed by atoms with E-state index in [1.807, 2.05) is 20.2 Å². The quantitative estimate of drug-likeness (QED) is 0.871. The summed E-state index contributed by atoms with van der Waals surface area (Å²) < 4.78 is 15.2. The molecule has 1 heterocycles. The molecule has 0 amide bonds. The molecule has 1 aromatic heterocycles. The zero-order valence-electron chi connectivity index (χ0n) is 10.4. The molecule has 1 atom stereocenters. The smallest absolute Gasteiger partial charge is 0.146 e. The molecule has 1 unspecified atom stereocenters.